The Bertz CT molecular complexity index is 261. The molecule has 0 aromatic heterocycles. The lowest BCUT2D eigenvalue weighted by atomic mass is 9.90. The molecule has 0 bridgehead atoms. The molecular formula is C14H29F3N2O. The summed E-state index contributed by atoms with van der Waals surface area (Å²) in [6.45, 7) is 7.68. The highest BCUT2D eigenvalue weighted by molar-refractivity contribution is 4.90. The molecule has 0 saturated carbocycles. The lowest BCUT2D eigenvalue weighted by molar-refractivity contribution is -0.137. The van der Waals surface area contributed by atoms with Gasteiger partial charge in [-0.1, -0.05) is 6.92 Å². The number of halogens is 3. The number of alkyl halides is 3. The summed E-state index contributed by atoms with van der Waals surface area (Å²) < 4.78 is 42.0. The molecule has 0 amide bonds. The van der Waals surface area contributed by atoms with E-state index in [0.717, 1.165) is 6.42 Å². The highest BCUT2D eigenvalue weighted by Gasteiger charge is 2.34. The third kappa shape index (κ3) is 6.90. The summed E-state index contributed by atoms with van der Waals surface area (Å²) in [6, 6.07) is 0.268. The molecule has 0 fully saturated rings. The zero-order valence-electron chi connectivity index (χ0n) is 13.1. The van der Waals surface area contributed by atoms with Gasteiger partial charge in [0.1, 0.15) is 0 Å². The van der Waals surface area contributed by atoms with Crippen molar-refractivity contribution < 1.29 is 17.9 Å². The summed E-state index contributed by atoms with van der Waals surface area (Å²) in [5.74, 6) is 0. The van der Waals surface area contributed by atoms with E-state index in [9.17, 15) is 13.2 Å². The zero-order chi connectivity index (χ0) is 15.8. The van der Waals surface area contributed by atoms with Crippen LogP contribution < -0.4 is 5.73 Å². The van der Waals surface area contributed by atoms with E-state index >= 15 is 0 Å². The van der Waals surface area contributed by atoms with Crippen LogP contribution in [0.2, 0.25) is 0 Å². The van der Waals surface area contributed by atoms with Gasteiger partial charge in [0.05, 0.1) is 6.61 Å². The number of rotatable bonds is 10. The monoisotopic (exact) mass is 298 g/mol. The number of ether oxygens (including phenoxy) is 1. The van der Waals surface area contributed by atoms with E-state index in [-0.39, 0.29) is 12.5 Å². The van der Waals surface area contributed by atoms with Crippen molar-refractivity contribution in [3.8, 4) is 0 Å². The van der Waals surface area contributed by atoms with Crippen LogP contribution >= 0.6 is 0 Å². The standard InChI is InChI=1S/C14H29F3N2O/c1-5-12(2)19(9-10-20-4)13(3,11-18)7-6-8-14(15,16)17/h12H,5-11,18H2,1-4H3. The largest absolute Gasteiger partial charge is 0.389 e. The van der Waals surface area contributed by atoms with Gasteiger partial charge in [-0.2, -0.15) is 13.2 Å². The summed E-state index contributed by atoms with van der Waals surface area (Å²) in [5, 5.41) is 0. The summed E-state index contributed by atoms with van der Waals surface area (Å²) in [4.78, 5) is 2.19. The van der Waals surface area contributed by atoms with Gasteiger partial charge in [-0.3, -0.25) is 4.90 Å². The van der Waals surface area contributed by atoms with Crippen LogP contribution in [0.4, 0.5) is 13.2 Å². The molecule has 122 valence electrons. The van der Waals surface area contributed by atoms with Crippen molar-refractivity contribution in [1.82, 2.24) is 4.90 Å². The molecule has 0 aliphatic heterocycles. The third-order valence-corrected chi connectivity index (χ3v) is 3.97. The second kappa shape index (κ2) is 8.85. The van der Waals surface area contributed by atoms with Crippen LogP contribution in [0.15, 0.2) is 0 Å². The van der Waals surface area contributed by atoms with Gasteiger partial charge in [0.25, 0.3) is 0 Å². The van der Waals surface area contributed by atoms with Crippen LogP contribution in [0, 0.1) is 0 Å². The summed E-state index contributed by atoms with van der Waals surface area (Å²) in [7, 11) is 1.62. The van der Waals surface area contributed by atoms with E-state index in [4.69, 9.17) is 10.5 Å². The van der Waals surface area contributed by atoms with E-state index in [0.29, 0.717) is 26.1 Å². The Labute approximate surface area is 120 Å². The highest BCUT2D eigenvalue weighted by Crippen LogP contribution is 2.29. The first-order valence-electron chi connectivity index (χ1n) is 7.22. The van der Waals surface area contributed by atoms with Gasteiger partial charge in [-0.25, -0.2) is 0 Å². The maximum Gasteiger partial charge on any atom is 0.389 e. The van der Waals surface area contributed by atoms with Crippen molar-refractivity contribution in [2.45, 2.75) is 64.2 Å². The topological polar surface area (TPSA) is 38.5 Å². The lowest BCUT2D eigenvalue weighted by Crippen LogP contribution is -2.56. The van der Waals surface area contributed by atoms with Gasteiger partial charge in [-0.05, 0) is 33.1 Å². The number of hydrogen-bond acceptors (Lipinski definition) is 3. The molecule has 2 unspecified atom stereocenters. The quantitative estimate of drug-likeness (QED) is 0.673. The SMILES string of the molecule is CCC(C)N(CCOC)C(C)(CN)CCCC(F)(F)F. The first kappa shape index (κ1) is 19.7. The molecule has 0 aliphatic carbocycles. The first-order valence-corrected chi connectivity index (χ1v) is 7.22. The Balaban J connectivity index is 4.73. The fourth-order valence-corrected chi connectivity index (χ4v) is 2.46. The van der Waals surface area contributed by atoms with E-state index < -0.39 is 18.1 Å². The Morgan fingerprint density at radius 3 is 2.25 bits per heavy atom. The molecule has 20 heavy (non-hydrogen) atoms. The van der Waals surface area contributed by atoms with Crippen molar-refractivity contribution >= 4 is 0 Å². The Hall–Kier alpha value is -0.330. The van der Waals surface area contributed by atoms with E-state index in [1.54, 1.807) is 7.11 Å². The number of nitrogens with two attached hydrogens (primary N) is 1. The predicted octanol–water partition coefficient (Wildman–Crippen LogP) is 3.18. The van der Waals surface area contributed by atoms with Crippen molar-refractivity contribution in [2.75, 3.05) is 26.8 Å². The van der Waals surface area contributed by atoms with Crippen LogP contribution in [-0.2, 0) is 4.74 Å². The van der Waals surface area contributed by atoms with E-state index in [2.05, 4.69) is 18.7 Å². The van der Waals surface area contributed by atoms with Crippen molar-refractivity contribution in [1.29, 1.82) is 0 Å². The van der Waals surface area contributed by atoms with Crippen molar-refractivity contribution in [3.05, 3.63) is 0 Å². The lowest BCUT2D eigenvalue weighted by Gasteiger charge is -2.44. The molecule has 0 aromatic carbocycles. The fraction of sp³-hybridized carbons (Fsp3) is 1.00. The smallest absolute Gasteiger partial charge is 0.383 e. The Morgan fingerprint density at radius 1 is 1.25 bits per heavy atom. The summed E-state index contributed by atoms with van der Waals surface area (Å²) in [5.41, 5.74) is 5.44. The van der Waals surface area contributed by atoms with Crippen molar-refractivity contribution in [3.63, 3.8) is 0 Å². The molecule has 0 rings (SSSR count). The van der Waals surface area contributed by atoms with Crippen LogP contribution in [0.1, 0.15) is 46.5 Å². The molecule has 3 nitrogen and oxygen atoms in total. The second-order valence-electron chi connectivity index (χ2n) is 5.61. The molecule has 0 aromatic rings. The molecule has 0 heterocycles. The molecule has 6 heteroatoms. The minimum Gasteiger partial charge on any atom is -0.383 e. The van der Waals surface area contributed by atoms with Crippen molar-refractivity contribution in [2.24, 2.45) is 5.73 Å². The summed E-state index contributed by atoms with van der Waals surface area (Å²) >= 11 is 0. The molecule has 0 saturated heterocycles. The normalized spacial score (nSPS) is 17.2. The van der Waals surface area contributed by atoms with Crippen LogP contribution in [0.3, 0.4) is 0 Å². The highest BCUT2D eigenvalue weighted by atomic mass is 19.4. The molecule has 2 atom stereocenters. The van der Waals surface area contributed by atoms with Crippen LogP contribution in [0.25, 0.3) is 0 Å². The molecule has 0 aliphatic rings. The molecule has 0 spiro atoms. The van der Waals surface area contributed by atoms with Gasteiger partial charge in [0, 0.05) is 38.2 Å². The Morgan fingerprint density at radius 2 is 1.85 bits per heavy atom. The van der Waals surface area contributed by atoms with Crippen LogP contribution in [0.5, 0.6) is 0 Å². The first-order chi connectivity index (χ1) is 9.20. The van der Waals surface area contributed by atoms with Gasteiger partial charge < -0.3 is 10.5 Å². The summed E-state index contributed by atoms with van der Waals surface area (Å²) in [6.07, 6.45) is -3.36. The van der Waals surface area contributed by atoms with E-state index in [1.807, 2.05) is 6.92 Å². The fourth-order valence-electron chi connectivity index (χ4n) is 2.46. The van der Waals surface area contributed by atoms with Gasteiger partial charge >= 0.3 is 6.18 Å². The minimum atomic E-state index is -4.09. The second-order valence-corrected chi connectivity index (χ2v) is 5.61. The molecular weight excluding hydrogens is 269 g/mol. The third-order valence-electron chi connectivity index (χ3n) is 3.97. The number of hydrogen-bond donors (Lipinski definition) is 1. The number of nitrogens with zero attached hydrogens (tertiary/aromatic N) is 1. The van der Waals surface area contributed by atoms with E-state index in [1.165, 1.54) is 0 Å². The maximum atomic E-state index is 12.3. The zero-order valence-corrected chi connectivity index (χ0v) is 13.1. The van der Waals surface area contributed by atoms with Gasteiger partial charge in [-0.15, -0.1) is 0 Å². The molecule has 2 N–H and O–H groups in total. The number of methoxy groups -OCH3 is 1. The van der Waals surface area contributed by atoms with Crippen LogP contribution in [-0.4, -0.2) is 49.5 Å². The maximum absolute atomic E-state index is 12.3. The molecule has 0 radical (unpaired) electrons. The van der Waals surface area contributed by atoms with Gasteiger partial charge in [0.2, 0.25) is 0 Å². The predicted molar refractivity (Wildman–Crippen MR) is 75.7 cm³/mol. The minimum absolute atomic E-state index is 0.108. The Kier molecular flexibility index (Phi) is 8.70. The average Bonchev–Trinajstić information content (AvgIpc) is 2.37. The van der Waals surface area contributed by atoms with Gasteiger partial charge in [0.15, 0.2) is 0 Å². The average molecular weight is 298 g/mol.